The molecule has 0 unspecified atom stereocenters. The monoisotopic (exact) mass is 478 g/mol. The van der Waals surface area contributed by atoms with Crippen molar-refractivity contribution in [1.82, 2.24) is 30.1 Å². The van der Waals surface area contributed by atoms with E-state index in [2.05, 4.69) is 97.5 Å². The van der Waals surface area contributed by atoms with E-state index in [0.717, 1.165) is 22.3 Å². The van der Waals surface area contributed by atoms with E-state index in [1.165, 1.54) is 16.0 Å². The average molecular weight is 479 g/mol. The standard InChI is InChI=1S/C26H34N6OS/c1-16(2)23(24-28-29-30-32(24)26(5,6)7)31(15-21-9-8-10-34-21)14-20-13-19-11-17(3)18(4)12-22(19)27-25(20)33/h8-13,16,23H,14-15H2,1-7H3,(H,27,33)/t23-/m0/s1. The molecule has 3 aromatic heterocycles. The van der Waals surface area contributed by atoms with E-state index in [-0.39, 0.29) is 23.1 Å². The highest BCUT2D eigenvalue weighted by Gasteiger charge is 2.33. The lowest BCUT2D eigenvalue weighted by Crippen LogP contribution is -2.37. The van der Waals surface area contributed by atoms with Gasteiger partial charge in [0.2, 0.25) is 0 Å². The quantitative estimate of drug-likeness (QED) is 0.387. The minimum Gasteiger partial charge on any atom is -0.322 e. The van der Waals surface area contributed by atoms with Gasteiger partial charge in [0.25, 0.3) is 5.56 Å². The summed E-state index contributed by atoms with van der Waals surface area (Å²) in [7, 11) is 0. The van der Waals surface area contributed by atoms with Gasteiger partial charge in [-0.15, -0.1) is 16.4 Å². The third-order valence-corrected chi connectivity index (χ3v) is 7.13. The Hall–Kier alpha value is -2.84. The molecule has 3 heterocycles. The number of H-pyrrole nitrogens is 1. The van der Waals surface area contributed by atoms with E-state index in [1.807, 2.05) is 16.8 Å². The second-order valence-corrected chi connectivity index (χ2v) is 11.5. The van der Waals surface area contributed by atoms with Crippen molar-refractivity contribution in [3.63, 3.8) is 0 Å². The Morgan fingerprint density at radius 2 is 1.85 bits per heavy atom. The largest absolute Gasteiger partial charge is 0.322 e. The lowest BCUT2D eigenvalue weighted by molar-refractivity contribution is 0.121. The summed E-state index contributed by atoms with van der Waals surface area (Å²) < 4.78 is 1.91. The highest BCUT2D eigenvalue weighted by atomic mass is 32.1. The highest BCUT2D eigenvalue weighted by Crippen LogP contribution is 2.32. The van der Waals surface area contributed by atoms with Crippen LogP contribution >= 0.6 is 11.3 Å². The van der Waals surface area contributed by atoms with Crippen LogP contribution in [-0.2, 0) is 18.6 Å². The number of rotatable bonds is 7. The van der Waals surface area contributed by atoms with Crippen LogP contribution in [0, 0.1) is 19.8 Å². The van der Waals surface area contributed by atoms with Crippen molar-refractivity contribution < 1.29 is 0 Å². The van der Waals surface area contributed by atoms with Gasteiger partial charge in [0.05, 0.1) is 11.6 Å². The maximum Gasteiger partial charge on any atom is 0.252 e. The molecule has 4 rings (SSSR count). The fraction of sp³-hybridized carbons (Fsp3) is 0.462. The zero-order valence-corrected chi connectivity index (χ0v) is 21.9. The predicted octanol–water partition coefficient (Wildman–Crippen LogP) is 5.35. The minimum absolute atomic E-state index is 0.0511. The van der Waals surface area contributed by atoms with Crippen LogP contribution in [0.3, 0.4) is 0 Å². The van der Waals surface area contributed by atoms with Gasteiger partial charge in [-0.2, -0.15) is 0 Å². The molecule has 34 heavy (non-hydrogen) atoms. The predicted molar refractivity (Wildman–Crippen MR) is 138 cm³/mol. The number of nitrogens with zero attached hydrogens (tertiary/aromatic N) is 5. The Kier molecular flexibility index (Phi) is 6.73. The van der Waals surface area contributed by atoms with Gasteiger partial charge in [-0.1, -0.05) is 19.9 Å². The molecule has 1 atom stereocenters. The molecular weight excluding hydrogens is 444 g/mol. The van der Waals surface area contributed by atoms with Crippen molar-refractivity contribution in [1.29, 1.82) is 0 Å². The summed E-state index contributed by atoms with van der Waals surface area (Å²) >= 11 is 1.72. The first-order chi connectivity index (χ1) is 16.0. The van der Waals surface area contributed by atoms with Crippen molar-refractivity contribution in [3.8, 4) is 0 Å². The second-order valence-electron chi connectivity index (χ2n) is 10.4. The maximum atomic E-state index is 13.1. The van der Waals surface area contributed by atoms with Crippen LogP contribution in [0.2, 0.25) is 0 Å². The van der Waals surface area contributed by atoms with Gasteiger partial charge in [0.15, 0.2) is 5.82 Å². The summed E-state index contributed by atoms with van der Waals surface area (Å²) in [5.74, 6) is 1.05. The van der Waals surface area contributed by atoms with Crippen LogP contribution < -0.4 is 5.56 Å². The summed E-state index contributed by atoms with van der Waals surface area (Å²) in [6, 6.07) is 10.4. The third kappa shape index (κ3) is 4.98. The second kappa shape index (κ2) is 9.43. The van der Waals surface area contributed by atoms with Crippen molar-refractivity contribution in [2.45, 2.75) is 73.1 Å². The van der Waals surface area contributed by atoms with Crippen LogP contribution in [0.1, 0.15) is 68.1 Å². The fourth-order valence-electron chi connectivity index (χ4n) is 4.45. The number of thiophene rings is 1. The number of nitrogens with one attached hydrogen (secondary N) is 1. The van der Waals surface area contributed by atoms with Crippen LogP contribution in [0.5, 0.6) is 0 Å². The first-order valence-electron chi connectivity index (χ1n) is 11.7. The van der Waals surface area contributed by atoms with Crippen LogP contribution in [0.25, 0.3) is 10.9 Å². The average Bonchev–Trinajstić information content (AvgIpc) is 3.42. The molecule has 0 radical (unpaired) electrons. The summed E-state index contributed by atoms with van der Waals surface area (Å²) in [5, 5.41) is 15.9. The van der Waals surface area contributed by atoms with Crippen molar-refractivity contribution in [3.05, 3.63) is 73.5 Å². The van der Waals surface area contributed by atoms with Gasteiger partial charge < -0.3 is 4.98 Å². The zero-order chi connectivity index (χ0) is 24.6. The molecule has 0 spiro atoms. The number of pyridine rings is 1. The summed E-state index contributed by atoms with van der Waals surface area (Å²) in [5.41, 5.74) is 3.70. The fourth-order valence-corrected chi connectivity index (χ4v) is 5.18. The number of hydrogen-bond acceptors (Lipinski definition) is 6. The molecule has 0 aliphatic rings. The van der Waals surface area contributed by atoms with Gasteiger partial charge in [0, 0.05) is 29.0 Å². The number of fused-ring (bicyclic) bond motifs is 1. The van der Waals surface area contributed by atoms with Crippen molar-refractivity contribution >= 4 is 22.2 Å². The number of hydrogen-bond donors (Lipinski definition) is 1. The van der Waals surface area contributed by atoms with Gasteiger partial charge in [-0.05, 0) is 97.1 Å². The van der Waals surface area contributed by atoms with Crippen molar-refractivity contribution in [2.75, 3.05) is 0 Å². The minimum atomic E-state index is -0.254. The van der Waals surface area contributed by atoms with E-state index in [1.54, 1.807) is 11.3 Å². The molecule has 7 nitrogen and oxygen atoms in total. The molecule has 0 amide bonds. The lowest BCUT2D eigenvalue weighted by atomic mass is 9.98. The number of aromatic amines is 1. The molecule has 0 aliphatic heterocycles. The molecule has 0 saturated heterocycles. The number of benzene rings is 1. The molecule has 8 heteroatoms. The Morgan fingerprint density at radius 1 is 1.12 bits per heavy atom. The van der Waals surface area contributed by atoms with E-state index in [9.17, 15) is 4.79 Å². The van der Waals surface area contributed by atoms with Gasteiger partial charge in [-0.25, -0.2) is 4.68 Å². The smallest absolute Gasteiger partial charge is 0.252 e. The maximum absolute atomic E-state index is 13.1. The van der Waals surface area contributed by atoms with Crippen LogP contribution in [0.15, 0.2) is 40.5 Å². The van der Waals surface area contributed by atoms with E-state index in [4.69, 9.17) is 0 Å². The number of aromatic nitrogens is 5. The van der Waals surface area contributed by atoms with E-state index < -0.39 is 0 Å². The molecule has 1 aromatic carbocycles. The van der Waals surface area contributed by atoms with Gasteiger partial charge in [-0.3, -0.25) is 9.69 Å². The Morgan fingerprint density at radius 3 is 2.50 bits per heavy atom. The van der Waals surface area contributed by atoms with Gasteiger partial charge >= 0.3 is 0 Å². The van der Waals surface area contributed by atoms with Crippen LogP contribution in [-0.4, -0.2) is 30.1 Å². The molecule has 180 valence electrons. The van der Waals surface area contributed by atoms with Crippen molar-refractivity contribution in [2.24, 2.45) is 5.92 Å². The lowest BCUT2D eigenvalue weighted by Gasteiger charge is -2.35. The third-order valence-electron chi connectivity index (χ3n) is 6.27. The normalized spacial score (nSPS) is 13.3. The van der Waals surface area contributed by atoms with E-state index >= 15 is 0 Å². The Labute approximate surface area is 204 Å². The topological polar surface area (TPSA) is 79.7 Å². The van der Waals surface area contributed by atoms with Gasteiger partial charge in [0.1, 0.15) is 0 Å². The summed E-state index contributed by atoms with van der Waals surface area (Å²) in [6.07, 6.45) is 0. The summed E-state index contributed by atoms with van der Waals surface area (Å²) in [4.78, 5) is 19.8. The number of tetrazole rings is 1. The van der Waals surface area contributed by atoms with Crippen LogP contribution in [0.4, 0.5) is 0 Å². The zero-order valence-electron chi connectivity index (χ0n) is 21.1. The molecule has 4 aromatic rings. The Balaban J connectivity index is 1.80. The first-order valence-corrected chi connectivity index (χ1v) is 12.6. The molecule has 0 bridgehead atoms. The molecule has 1 N–H and O–H groups in total. The SMILES string of the molecule is Cc1cc2cc(CN(Cc3cccs3)[C@H](c3nnnn3C(C)(C)C)C(C)C)c(=O)[nH]c2cc1C. The van der Waals surface area contributed by atoms with E-state index in [0.29, 0.717) is 13.1 Å². The molecule has 0 saturated carbocycles. The molecule has 0 aliphatic carbocycles. The first kappa shape index (κ1) is 24.3. The number of aryl methyl sites for hydroxylation is 2. The Bertz CT molecular complexity index is 1330. The summed E-state index contributed by atoms with van der Waals surface area (Å²) in [6.45, 7) is 16.1. The molecule has 0 fully saturated rings. The molecular formula is C26H34N6OS. The highest BCUT2D eigenvalue weighted by molar-refractivity contribution is 7.09.